The lowest BCUT2D eigenvalue weighted by Gasteiger charge is -2.59. The molecule has 41 heavy (non-hydrogen) atoms. The van der Waals surface area contributed by atoms with Crippen molar-refractivity contribution in [1.82, 2.24) is 10.2 Å². The van der Waals surface area contributed by atoms with Crippen molar-refractivity contribution >= 4 is 23.9 Å². The molecule has 1 saturated heterocycles. The summed E-state index contributed by atoms with van der Waals surface area (Å²) < 4.78 is 26.3. The van der Waals surface area contributed by atoms with Crippen molar-refractivity contribution in [3.8, 4) is 11.1 Å². The van der Waals surface area contributed by atoms with E-state index in [1.165, 1.54) is 11.0 Å². The Kier molecular flexibility index (Phi) is 5.67. The largest absolute Gasteiger partial charge is 0.451 e. The average Bonchev–Trinajstić information content (AvgIpc) is 3.14. The van der Waals surface area contributed by atoms with Crippen LogP contribution in [0.4, 0.5) is 9.18 Å². The van der Waals surface area contributed by atoms with Crippen molar-refractivity contribution in [2.45, 2.75) is 89.1 Å². The summed E-state index contributed by atoms with van der Waals surface area (Å²) in [5.41, 5.74) is 6.23. The molecule has 0 aromatic heterocycles. The van der Waals surface area contributed by atoms with E-state index >= 15 is 4.39 Å². The van der Waals surface area contributed by atoms with E-state index < -0.39 is 53.0 Å². The molecule has 2 heterocycles. The third-order valence-electron chi connectivity index (χ3n) is 9.18. The fourth-order valence-corrected chi connectivity index (χ4v) is 7.04. The Hall–Kier alpha value is -3.95. The van der Waals surface area contributed by atoms with E-state index in [9.17, 15) is 19.2 Å². The van der Waals surface area contributed by atoms with Gasteiger partial charge in [0.25, 0.3) is 0 Å². The number of cyclic esters (lactones) is 1. The zero-order valence-corrected chi connectivity index (χ0v) is 23.8. The first kappa shape index (κ1) is 27.2. The third-order valence-corrected chi connectivity index (χ3v) is 9.18. The molecule has 3 fully saturated rings. The molecule has 6 rings (SSSR count). The Morgan fingerprint density at radius 1 is 1.15 bits per heavy atom. The monoisotopic (exact) mass is 563 g/mol. The lowest BCUT2D eigenvalue weighted by atomic mass is 9.65. The van der Waals surface area contributed by atoms with Crippen LogP contribution in [-0.4, -0.2) is 52.0 Å². The molecule has 2 aliphatic heterocycles. The van der Waals surface area contributed by atoms with Crippen LogP contribution in [0.3, 0.4) is 0 Å². The lowest BCUT2D eigenvalue weighted by molar-refractivity contribution is -0.156. The SMILES string of the molecule is CC(C)(C)OC(=O)N1[C@H](C(=O)N[C@@H](Cc2ccc(-c3ccc4c(c3)C(C)(C)OC4=O)cc2F)C(N)=O)[C@@]23CC[C@@]12C3. The van der Waals surface area contributed by atoms with Crippen molar-refractivity contribution in [3.63, 3.8) is 0 Å². The Balaban J connectivity index is 1.18. The summed E-state index contributed by atoms with van der Waals surface area (Å²) in [4.78, 5) is 52.4. The van der Waals surface area contributed by atoms with Crippen LogP contribution in [0.15, 0.2) is 36.4 Å². The van der Waals surface area contributed by atoms with Crippen LogP contribution >= 0.6 is 0 Å². The molecule has 9 nitrogen and oxygen atoms in total. The van der Waals surface area contributed by atoms with Crippen molar-refractivity contribution in [2.75, 3.05) is 0 Å². The number of fused-ring (bicyclic) bond motifs is 1. The maximum atomic E-state index is 15.3. The molecule has 2 saturated carbocycles. The number of carbonyl (C=O) groups excluding carboxylic acids is 4. The Morgan fingerprint density at radius 2 is 1.83 bits per heavy atom. The molecule has 216 valence electrons. The highest BCUT2D eigenvalue weighted by molar-refractivity contribution is 5.96. The van der Waals surface area contributed by atoms with E-state index in [4.69, 9.17) is 15.2 Å². The number of nitrogens with zero attached hydrogens (tertiary/aromatic N) is 1. The summed E-state index contributed by atoms with van der Waals surface area (Å²) in [6.07, 6.45) is 1.67. The number of hydrogen-bond donors (Lipinski definition) is 2. The highest BCUT2D eigenvalue weighted by atomic mass is 19.1. The van der Waals surface area contributed by atoms with Gasteiger partial charge in [0.05, 0.1) is 11.1 Å². The normalized spacial score (nSPS) is 27.2. The Labute approximate surface area is 237 Å². The number of primary amides is 1. The number of ether oxygens (including phenoxy) is 2. The third kappa shape index (κ3) is 4.01. The summed E-state index contributed by atoms with van der Waals surface area (Å²) in [5.74, 6) is -2.24. The van der Waals surface area contributed by atoms with Crippen molar-refractivity contribution in [1.29, 1.82) is 0 Å². The molecule has 4 aliphatic rings. The average molecular weight is 564 g/mol. The number of benzene rings is 2. The second kappa shape index (κ2) is 8.53. The van der Waals surface area contributed by atoms with Crippen molar-refractivity contribution in [3.05, 3.63) is 58.9 Å². The second-order valence-corrected chi connectivity index (χ2v) is 13.3. The van der Waals surface area contributed by atoms with E-state index in [1.807, 2.05) is 6.07 Å². The van der Waals surface area contributed by atoms with Gasteiger partial charge in [0.2, 0.25) is 11.8 Å². The van der Waals surface area contributed by atoms with Gasteiger partial charge in [-0.15, -0.1) is 0 Å². The van der Waals surface area contributed by atoms with Gasteiger partial charge in [-0.3, -0.25) is 14.5 Å². The molecule has 2 aromatic carbocycles. The van der Waals surface area contributed by atoms with Gasteiger partial charge in [0, 0.05) is 17.4 Å². The lowest BCUT2D eigenvalue weighted by Crippen LogP contribution is -2.75. The summed E-state index contributed by atoms with van der Waals surface area (Å²) >= 11 is 0. The molecule has 0 unspecified atom stereocenters. The topological polar surface area (TPSA) is 128 Å². The van der Waals surface area contributed by atoms with Crippen LogP contribution in [0, 0.1) is 11.2 Å². The van der Waals surface area contributed by atoms with Crippen molar-refractivity contribution in [2.24, 2.45) is 11.1 Å². The number of esters is 1. The standard InChI is InChI=1S/C31H34FN3O6/c1-28(2,3)41-27(39)35-23(30-10-11-31(30,35)15-30)25(37)34-22(24(33)36)14-18-7-6-17(13-21(18)32)16-8-9-19-20(12-16)29(4,5)40-26(19)38/h6-9,12-13,22-23H,10-11,14-15H2,1-5H3,(H2,33,36)(H,34,37)/t22-,23+,30-,31-/m0/s1. The quantitative estimate of drug-likeness (QED) is 0.513. The summed E-state index contributed by atoms with van der Waals surface area (Å²) in [6, 6.07) is 7.92. The Bertz CT molecular complexity index is 1530. The fourth-order valence-electron chi connectivity index (χ4n) is 7.04. The van der Waals surface area contributed by atoms with Crippen LogP contribution in [0.2, 0.25) is 0 Å². The van der Waals surface area contributed by atoms with Gasteiger partial charge in [-0.2, -0.15) is 0 Å². The van der Waals surface area contributed by atoms with E-state index in [0.29, 0.717) is 16.7 Å². The molecule has 2 aliphatic carbocycles. The van der Waals surface area contributed by atoms with Gasteiger partial charge in [-0.05, 0) is 88.8 Å². The molecule has 0 bridgehead atoms. The molecule has 3 N–H and O–H groups in total. The number of halogens is 1. The first-order valence-corrected chi connectivity index (χ1v) is 13.9. The Morgan fingerprint density at radius 3 is 2.44 bits per heavy atom. The molecule has 0 spiro atoms. The zero-order valence-electron chi connectivity index (χ0n) is 23.8. The van der Waals surface area contributed by atoms with Gasteiger partial charge in [0.15, 0.2) is 0 Å². The number of likely N-dealkylation sites (tertiary alicyclic amines) is 1. The summed E-state index contributed by atoms with van der Waals surface area (Å²) in [7, 11) is 0. The molecule has 10 heteroatoms. The number of carbonyl (C=O) groups is 4. The van der Waals surface area contributed by atoms with E-state index in [-0.39, 0.29) is 22.9 Å². The van der Waals surface area contributed by atoms with Crippen LogP contribution < -0.4 is 11.1 Å². The van der Waals surface area contributed by atoms with Gasteiger partial charge < -0.3 is 20.5 Å². The highest BCUT2D eigenvalue weighted by Gasteiger charge is 2.91. The summed E-state index contributed by atoms with van der Waals surface area (Å²) in [6.45, 7) is 8.89. The number of rotatable bonds is 6. The van der Waals surface area contributed by atoms with E-state index in [2.05, 4.69) is 5.32 Å². The smallest absolute Gasteiger partial charge is 0.411 e. The predicted octanol–water partition coefficient (Wildman–Crippen LogP) is 3.95. The number of nitrogens with two attached hydrogens (primary N) is 1. The summed E-state index contributed by atoms with van der Waals surface area (Å²) in [5, 5.41) is 2.69. The second-order valence-electron chi connectivity index (χ2n) is 13.3. The number of hydrogen-bond acceptors (Lipinski definition) is 6. The van der Waals surface area contributed by atoms with Crippen LogP contribution in [-0.2, 0) is 31.1 Å². The minimum absolute atomic E-state index is 0.149. The minimum Gasteiger partial charge on any atom is -0.451 e. The minimum atomic E-state index is -1.17. The number of piperidine rings is 1. The first-order chi connectivity index (χ1) is 19.1. The maximum absolute atomic E-state index is 15.3. The highest BCUT2D eigenvalue weighted by Crippen LogP contribution is 2.83. The molecule has 4 atom stereocenters. The fraction of sp³-hybridized carbons (Fsp3) is 0.484. The van der Waals surface area contributed by atoms with E-state index in [1.54, 1.807) is 58.9 Å². The molecule has 3 amide bonds. The first-order valence-electron chi connectivity index (χ1n) is 13.9. The zero-order chi connectivity index (χ0) is 29.7. The number of nitrogens with one attached hydrogen (secondary N) is 1. The van der Waals surface area contributed by atoms with Gasteiger partial charge in [-0.25, -0.2) is 14.0 Å². The van der Waals surface area contributed by atoms with Crippen LogP contribution in [0.25, 0.3) is 11.1 Å². The van der Waals surface area contributed by atoms with Crippen molar-refractivity contribution < 1.29 is 33.0 Å². The van der Waals surface area contributed by atoms with Crippen LogP contribution in [0.5, 0.6) is 0 Å². The van der Waals surface area contributed by atoms with E-state index in [0.717, 1.165) is 24.8 Å². The molecule has 2 aromatic rings. The van der Waals surface area contributed by atoms with Gasteiger partial charge in [0.1, 0.15) is 29.1 Å². The predicted molar refractivity (Wildman–Crippen MR) is 146 cm³/mol. The maximum Gasteiger partial charge on any atom is 0.411 e. The van der Waals surface area contributed by atoms with Crippen LogP contribution in [0.1, 0.15) is 75.4 Å². The number of amides is 3. The molecular formula is C31H34FN3O6. The van der Waals surface area contributed by atoms with Gasteiger partial charge >= 0.3 is 12.1 Å². The molecule has 0 radical (unpaired) electrons. The molecular weight excluding hydrogens is 529 g/mol. The van der Waals surface area contributed by atoms with Gasteiger partial charge in [-0.1, -0.05) is 18.2 Å².